The second-order valence-corrected chi connectivity index (χ2v) is 5.74. The molecule has 108 valence electrons. The van der Waals surface area contributed by atoms with Crippen molar-refractivity contribution in [2.75, 3.05) is 6.61 Å². The smallest absolute Gasteiger partial charge is 0.214 e. The van der Waals surface area contributed by atoms with E-state index >= 15 is 0 Å². The SMILES string of the molecule is Cc1ncsc1CCOc1cc(CN)c2ccccc2n1. The first-order valence-corrected chi connectivity index (χ1v) is 7.76. The molecule has 0 amide bonds. The highest BCUT2D eigenvalue weighted by molar-refractivity contribution is 7.09. The molecule has 0 bridgehead atoms. The summed E-state index contributed by atoms with van der Waals surface area (Å²) in [6.45, 7) is 3.10. The number of rotatable bonds is 5. The predicted molar refractivity (Wildman–Crippen MR) is 85.7 cm³/mol. The molecule has 2 N–H and O–H groups in total. The minimum atomic E-state index is 0.480. The van der Waals surface area contributed by atoms with Crippen LogP contribution in [-0.4, -0.2) is 16.6 Å². The van der Waals surface area contributed by atoms with Gasteiger partial charge in [-0.1, -0.05) is 18.2 Å². The number of ether oxygens (including phenoxy) is 1. The summed E-state index contributed by atoms with van der Waals surface area (Å²) in [5.74, 6) is 0.635. The average Bonchev–Trinajstić information content (AvgIpc) is 2.92. The van der Waals surface area contributed by atoms with Crippen LogP contribution in [0, 0.1) is 6.92 Å². The molecule has 4 nitrogen and oxygen atoms in total. The van der Waals surface area contributed by atoms with Crippen LogP contribution in [0.25, 0.3) is 10.9 Å². The Morgan fingerprint density at radius 1 is 1.29 bits per heavy atom. The predicted octanol–water partition coefficient (Wildman–Crippen LogP) is 3.08. The van der Waals surface area contributed by atoms with Gasteiger partial charge in [0.25, 0.3) is 0 Å². The number of benzene rings is 1. The summed E-state index contributed by atoms with van der Waals surface area (Å²) in [5.41, 5.74) is 10.7. The molecule has 0 aliphatic rings. The molecule has 3 rings (SSSR count). The van der Waals surface area contributed by atoms with Gasteiger partial charge in [0.1, 0.15) is 0 Å². The summed E-state index contributed by atoms with van der Waals surface area (Å²) in [6, 6.07) is 9.92. The molecule has 0 spiro atoms. The lowest BCUT2D eigenvalue weighted by Crippen LogP contribution is -2.05. The van der Waals surface area contributed by atoms with Crippen molar-refractivity contribution in [3.05, 3.63) is 52.0 Å². The molecule has 21 heavy (non-hydrogen) atoms. The molecule has 0 atom stereocenters. The number of thiazole rings is 1. The van der Waals surface area contributed by atoms with Gasteiger partial charge >= 0.3 is 0 Å². The number of fused-ring (bicyclic) bond motifs is 1. The van der Waals surface area contributed by atoms with Crippen molar-refractivity contribution in [2.45, 2.75) is 19.9 Å². The maximum atomic E-state index is 5.82. The third-order valence-corrected chi connectivity index (χ3v) is 4.42. The normalized spacial score (nSPS) is 11.0. The van der Waals surface area contributed by atoms with E-state index < -0.39 is 0 Å². The van der Waals surface area contributed by atoms with Gasteiger partial charge in [-0.3, -0.25) is 0 Å². The largest absolute Gasteiger partial charge is 0.477 e. The van der Waals surface area contributed by atoms with Gasteiger partial charge in [-0.05, 0) is 18.6 Å². The molecule has 0 aliphatic carbocycles. The molecule has 0 radical (unpaired) electrons. The van der Waals surface area contributed by atoms with Crippen LogP contribution in [0.4, 0.5) is 0 Å². The zero-order chi connectivity index (χ0) is 14.7. The first-order valence-electron chi connectivity index (χ1n) is 6.88. The third-order valence-electron chi connectivity index (χ3n) is 3.42. The highest BCUT2D eigenvalue weighted by atomic mass is 32.1. The lowest BCUT2D eigenvalue weighted by molar-refractivity contribution is 0.311. The molecule has 2 aromatic heterocycles. The molecule has 2 heterocycles. The Bertz CT molecular complexity index is 754. The van der Waals surface area contributed by atoms with Gasteiger partial charge in [-0.25, -0.2) is 9.97 Å². The number of aryl methyl sites for hydroxylation is 1. The van der Waals surface area contributed by atoms with E-state index in [9.17, 15) is 0 Å². The molecule has 3 aromatic rings. The Balaban J connectivity index is 1.76. The standard InChI is InChI=1S/C16H17N3OS/c1-11-15(21-10-18-11)6-7-20-16-8-12(9-17)13-4-2-3-5-14(13)19-16/h2-5,8,10H,6-7,9,17H2,1H3. The minimum absolute atomic E-state index is 0.480. The number of nitrogens with zero attached hydrogens (tertiary/aromatic N) is 2. The lowest BCUT2D eigenvalue weighted by Gasteiger charge is -2.09. The highest BCUT2D eigenvalue weighted by Crippen LogP contribution is 2.22. The van der Waals surface area contributed by atoms with Gasteiger partial charge in [0, 0.05) is 29.3 Å². The maximum absolute atomic E-state index is 5.82. The highest BCUT2D eigenvalue weighted by Gasteiger charge is 2.06. The molecule has 0 unspecified atom stereocenters. The first kappa shape index (κ1) is 14.0. The summed E-state index contributed by atoms with van der Waals surface area (Å²) in [4.78, 5) is 10.0. The maximum Gasteiger partial charge on any atom is 0.214 e. The third kappa shape index (κ3) is 3.04. The van der Waals surface area contributed by atoms with Crippen molar-refractivity contribution >= 4 is 22.2 Å². The Morgan fingerprint density at radius 2 is 2.14 bits per heavy atom. The molecular weight excluding hydrogens is 282 g/mol. The van der Waals surface area contributed by atoms with E-state index in [2.05, 4.69) is 9.97 Å². The first-order chi connectivity index (χ1) is 10.3. The van der Waals surface area contributed by atoms with E-state index in [0.717, 1.165) is 28.6 Å². The molecule has 0 saturated carbocycles. The van der Waals surface area contributed by atoms with Crippen molar-refractivity contribution in [3.8, 4) is 5.88 Å². The number of pyridine rings is 1. The second kappa shape index (κ2) is 6.20. The quantitative estimate of drug-likeness (QED) is 0.786. The summed E-state index contributed by atoms with van der Waals surface area (Å²) in [5, 5.41) is 1.09. The Kier molecular flexibility index (Phi) is 4.13. The number of hydrogen-bond donors (Lipinski definition) is 1. The van der Waals surface area contributed by atoms with Crippen LogP contribution in [0.1, 0.15) is 16.1 Å². The topological polar surface area (TPSA) is 61.0 Å². The van der Waals surface area contributed by atoms with Crippen LogP contribution in [0.3, 0.4) is 0 Å². The van der Waals surface area contributed by atoms with Crippen LogP contribution in [0.15, 0.2) is 35.8 Å². The van der Waals surface area contributed by atoms with E-state index in [1.54, 1.807) is 11.3 Å². The van der Waals surface area contributed by atoms with Crippen LogP contribution < -0.4 is 10.5 Å². The van der Waals surface area contributed by atoms with Gasteiger partial charge in [-0.2, -0.15) is 0 Å². The fourth-order valence-electron chi connectivity index (χ4n) is 2.28. The van der Waals surface area contributed by atoms with Crippen molar-refractivity contribution in [3.63, 3.8) is 0 Å². The van der Waals surface area contributed by atoms with Crippen LogP contribution >= 0.6 is 11.3 Å². The van der Waals surface area contributed by atoms with E-state index in [4.69, 9.17) is 10.5 Å². The van der Waals surface area contributed by atoms with Crippen LogP contribution in [0.5, 0.6) is 5.88 Å². The summed E-state index contributed by atoms with van der Waals surface area (Å²) in [7, 11) is 0. The Labute approximate surface area is 127 Å². The molecule has 1 aromatic carbocycles. The van der Waals surface area contributed by atoms with E-state index in [1.165, 1.54) is 4.88 Å². The zero-order valence-corrected chi connectivity index (χ0v) is 12.7. The average molecular weight is 299 g/mol. The van der Waals surface area contributed by atoms with Crippen LogP contribution in [0.2, 0.25) is 0 Å². The van der Waals surface area contributed by atoms with Crippen LogP contribution in [-0.2, 0) is 13.0 Å². The van der Waals surface area contributed by atoms with E-state index in [0.29, 0.717) is 19.0 Å². The monoisotopic (exact) mass is 299 g/mol. The molecule has 0 fully saturated rings. The molecule has 0 saturated heterocycles. The van der Waals surface area contributed by atoms with E-state index in [1.807, 2.05) is 42.8 Å². The van der Waals surface area contributed by atoms with Crippen molar-refractivity contribution < 1.29 is 4.74 Å². The van der Waals surface area contributed by atoms with Crippen molar-refractivity contribution in [2.24, 2.45) is 5.73 Å². The van der Waals surface area contributed by atoms with Gasteiger partial charge < -0.3 is 10.5 Å². The van der Waals surface area contributed by atoms with Gasteiger partial charge in [0.15, 0.2) is 0 Å². The lowest BCUT2D eigenvalue weighted by atomic mass is 10.1. The summed E-state index contributed by atoms with van der Waals surface area (Å²) >= 11 is 1.66. The molecule has 5 heteroatoms. The Morgan fingerprint density at radius 3 is 2.90 bits per heavy atom. The summed E-state index contributed by atoms with van der Waals surface area (Å²) < 4.78 is 5.80. The zero-order valence-electron chi connectivity index (χ0n) is 11.9. The minimum Gasteiger partial charge on any atom is -0.477 e. The van der Waals surface area contributed by atoms with Gasteiger partial charge in [-0.15, -0.1) is 11.3 Å². The van der Waals surface area contributed by atoms with Gasteiger partial charge in [0.2, 0.25) is 5.88 Å². The second-order valence-electron chi connectivity index (χ2n) is 4.80. The molecular formula is C16H17N3OS. The number of aromatic nitrogens is 2. The molecule has 0 aliphatic heterocycles. The summed E-state index contributed by atoms with van der Waals surface area (Å²) in [6.07, 6.45) is 0.850. The number of hydrogen-bond acceptors (Lipinski definition) is 5. The number of para-hydroxylation sites is 1. The van der Waals surface area contributed by atoms with Crippen molar-refractivity contribution in [1.82, 2.24) is 9.97 Å². The van der Waals surface area contributed by atoms with E-state index in [-0.39, 0.29) is 0 Å². The fraction of sp³-hybridized carbons (Fsp3) is 0.250. The fourth-order valence-corrected chi connectivity index (χ4v) is 3.04. The number of nitrogens with two attached hydrogens (primary N) is 1. The van der Waals surface area contributed by atoms with Gasteiger partial charge in [0.05, 0.1) is 23.3 Å². The Hall–Kier alpha value is -1.98. The van der Waals surface area contributed by atoms with Crippen molar-refractivity contribution in [1.29, 1.82) is 0 Å².